The third kappa shape index (κ3) is 4.27. The number of rotatable bonds is 5. The van der Waals surface area contributed by atoms with Crippen LogP contribution in [0.3, 0.4) is 0 Å². The zero-order valence-corrected chi connectivity index (χ0v) is 10.9. The highest BCUT2D eigenvalue weighted by Crippen LogP contribution is 2.35. The van der Waals surface area contributed by atoms with Crippen molar-refractivity contribution in [2.45, 2.75) is 11.1 Å². The van der Waals surface area contributed by atoms with Gasteiger partial charge in [0.1, 0.15) is 10.7 Å². The van der Waals surface area contributed by atoms with Gasteiger partial charge >= 0.3 is 6.18 Å². The molecular weight excluding hydrogens is 315 g/mol. The van der Waals surface area contributed by atoms with Gasteiger partial charge in [-0.1, -0.05) is 0 Å². The molecule has 1 aromatic rings. The van der Waals surface area contributed by atoms with E-state index in [-0.39, 0.29) is 6.07 Å². The minimum atomic E-state index is -5.07. The predicted octanol–water partition coefficient (Wildman–Crippen LogP) is 2.20. The molecule has 0 spiro atoms. The maximum Gasteiger partial charge on any atom is 0.417 e. The van der Waals surface area contributed by atoms with Crippen LogP contribution in [-0.4, -0.2) is 15.2 Å². The van der Waals surface area contributed by atoms with E-state index in [0.717, 1.165) is 0 Å². The average molecular weight is 322 g/mol. The Morgan fingerprint density at radius 2 is 1.89 bits per heavy atom. The van der Waals surface area contributed by atoms with Gasteiger partial charge in [-0.05, 0) is 18.2 Å². The lowest BCUT2D eigenvalue weighted by atomic mass is 10.2. The van der Waals surface area contributed by atoms with Crippen LogP contribution < -0.4 is 0 Å². The Bertz CT molecular complexity index is 571. The van der Waals surface area contributed by atoms with Crippen LogP contribution in [-0.2, 0) is 29.6 Å². The topological polar surface area (TPSA) is 69.7 Å². The van der Waals surface area contributed by atoms with Crippen LogP contribution in [0.15, 0.2) is 23.1 Å². The van der Waals surface area contributed by atoms with E-state index >= 15 is 0 Å². The second-order valence-electron chi connectivity index (χ2n) is 3.09. The molecule has 0 saturated heterocycles. The van der Waals surface area contributed by atoms with Gasteiger partial charge < -0.3 is 4.52 Å². The molecule has 1 unspecified atom stereocenters. The molecule has 0 radical (unpaired) electrons. The summed E-state index contributed by atoms with van der Waals surface area (Å²) in [6.45, 7) is -0.990. The van der Waals surface area contributed by atoms with Gasteiger partial charge in [-0.3, -0.25) is 4.57 Å². The van der Waals surface area contributed by atoms with Crippen LogP contribution in [0.25, 0.3) is 0 Å². The zero-order chi connectivity index (χ0) is 14.7. The van der Waals surface area contributed by atoms with E-state index in [1.165, 1.54) is 0 Å². The highest BCUT2D eigenvalue weighted by Gasteiger charge is 2.38. The van der Waals surface area contributed by atoms with Gasteiger partial charge in [0.2, 0.25) is 0 Å². The standard InChI is InChI=1S/C8H7F4O5PS/c9-5-1-2-7(6(3-5)8(10,11)12)19(14,15)17-4-16-18-13/h1-3H,4,18H2. The SMILES string of the molecule is O=[PH2]OCOS(=O)(=O)c1ccc(F)cc1C(F)(F)F. The summed E-state index contributed by atoms with van der Waals surface area (Å²) in [6, 6.07) is 1.01. The van der Waals surface area contributed by atoms with Gasteiger partial charge in [-0.15, -0.1) is 0 Å². The van der Waals surface area contributed by atoms with Crippen LogP contribution in [0.5, 0.6) is 0 Å². The summed E-state index contributed by atoms with van der Waals surface area (Å²) < 4.78 is 91.6. The first-order valence-corrected chi connectivity index (χ1v) is 6.85. The van der Waals surface area contributed by atoms with Crippen molar-refractivity contribution in [1.82, 2.24) is 0 Å². The molecule has 0 N–H and O–H groups in total. The van der Waals surface area contributed by atoms with E-state index in [4.69, 9.17) is 0 Å². The van der Waals surface area contributed by atoms with Gasteiger partial charge in [-0.2, -0.15) is 21.6 Å². The molecule has 1 atom stereocenters. The zero-order valence-electron chi connectivity index (χ0n) is 8.98. The lowest BCUT2D eigenvalue weighted by Crippen LogP contribution is -2.16. The second kappa shape index (κ2) is 6.00. The second-order valence-corrected chi connectivity index (χ2v) is 5.20. The summed E-state index contributed by atoms with van der Waals surface area (Å²) in [4.78, 5) is -1.24. The fraction of sp³-hybridized carbons (Fsp3) is 0.250. The van der Waals surface area contributed by atoms with Crippen molar-refractivity contribution < 1.29 is 39.3 Å². The fourth-order valence-corrected chi connectivity index (χ4v) is 2.33. The first-order valence-electron chi connectivity index (χ1n) is 4.50. The number of hydrogen-bond donors (Lipinski definition) is 0. The summed E-state index contributed by atoms with van der Waals surface area (Å²) in [5.41, 5.74) is -1.69. The van der Waals surface area contributed by atoms with E-state index in [2.05, 4.69) is 8.71 Å². The van der Waals surface area contributed by atoms with Crippen molar-refractivity contribution in [1.29, 1.82) is 0 Å². The maximum absolute atomic E-state index is 12.8. The van der Waals surface area contributed by atoms with E-state index in [0.29, 0.717) is 12.1 Å². The summed E-state index contributed by atoms with van der Waals surface area (Å²) in [5, 5.41) is 0. The molecule has 19 heavy (non-hydrogen) atoms. The molecule has 5 nitrogen and oxygen atoms in total. The van der Waals surface area contributed by atoms with E-state index in [1.54, 1.807) is 0 Å². The van der Waals surface area contributed by atoms with Crippen molar-refractivity contribution in [2.24, 2.45) is 0 Å². The Balaban J connectivity index is 3.23. The molecule has 1 aromatic carbocycles. The molecule has 0 aliphatic heterocycles. The Labute approximate surface area is 106 Å². The smallest absolute Gasteiger partial charge is 0.304 e. The van der Waals surface area contributed by atoms with Gasteiger partial charge in [0.05, 0.1) is 5.56 Å². The molecule has 0 saturated carbocycles. The first kappa shape index (κ1) is 16.1. The Hall–Kier alpha value is -0.960. The molecule has 0 aliphatic rings. The third-order valence-electron chi connectivity index (χ3n) is 1.86. The predicted molar refractivity (Wildman–Crippen MR) is 56.0 cm³/mol. The number of hydrogen-bond acceptors (Lipinski definition) is 5. The van der Waals surface area contributed by atoms with Crippen LogP contribution in [0.1, 0.15) is 5.56 Å². The molecule has 108 valence electrons. The molecule has 1 rings (SSSR count). The summed E-state index contributed by atoms with van der Waals surface area (Å²) in [6.07, 6.45) is -5.07. The van der Waals surface area contributed by atoms with Gasteiger partial charge in [0.15, 0.2) is 15.5 Å². The minimum absolute atomic E-state index is 0.0376. The normalized spacial score (nSPS) is 13.3. The highest BCUT2D eigenvalue weighted by atomic mass is 32.2. The average Bonchev–Trinajstić information content (AvgIpc) is 2.27. The Morgan fingerprint density at radius 3 is 2.42 bits per heavy atom. The van der Waals surface area contributed by atoms with Crippen molar-refractivity contribution in [3.8, 4) is 0 Å². The van der Waals surface area contributed by atoms with E-state index in [1.807, 2.05) is 0 Å². The molecule has 0 amide bonds. The Kier molecular flexibility index (Phi) is 5.08. The molecule has 0 aromatic heterocycles. The summed E-state index contributed by atoms with van der Waals surface area (Å²) >= 11 is 0. The van der Waals surface area contributed by atoms with Crippen molar-refractivity contribution in [3.05, 3.63) is 29.6 Å². The van der Waals surface area contributed by atoms with Gasteiger partial charge in [-0.25, -0.2) is 8.57 Å². The lowest BCUT2D eigenvalue weighted by molar-refractivity contribution is -0.140. The van der Waals surface area contributed by atoms with Crippen molar-refractivity contribution >= 4 is 18.8 Å². The van der Waals surface area contributed by atoms with Gasteiger partial charge in [0.25, 0.3) is 10.1 Å². The molecule has 0 heterocycles. The monoisotopic (exact) mass is 322 g/mol. The molecule has 11 heteroatoms. The Morgan fingerprint density at radius 1 is 1.26 bits per heavy atom. The third-order valence-corrected chi connectivity index (χ3v) is 3.43. The number of halogens is 4. The number of alkyl halides is 3. The van der Waals surface area contributed by atoms with Crippen molar-refractivity contribution in [3.63, 3.8) is 0 Å². The fourth-order valence-electron chi connectivity index (χ4n) is 1.12. The molecule has 0 bridgehead atoms. The van der Waals surface area contributed by atoms with Crippen LogP contribution in [0, 0.1) is 5.82 Å². The first-order chi connectivity index (χ1) is 8.68. The van der Waals surface area contributed by atoms with E-state index in [9.17, 15) is 30.5 Å². The lowest BCUT2D eigenvalue weighted by Gasteiger charge is -2.12. The molecular formula is C8H7F4O5PS. The summed E-state index contributed by atoms with van der Waals surface area (Å²) in [5.74, 6) is -1.24. The molecule has 0 aliphatic carbocycles. The molecule has 0 fully saturated rings. The van der Waals surface area contributed by atoms with Crippen molar-refractivity contribution in [2.75, 3.05) is 6.79 Å². The van der Waals surface area contributed by atoms with E-state index < -0.39 is 48.1 Å². The van der Waals surface area contributed by atoms with Crippen LogP contribution in [0.2, 0.25) is 0 Å². The van der Waals surface area contributed by atoms with Gasteiger partial charge in [0, 0.05) is 0 Å². The number of benzene rings is 1. The van der Waals surface area contributed by atoms with Crippen LogP contribution >= 0.6 is 8.69 Å². The maximum atomic E-state index is 12.8. The quantitative estimate of drug-likeness (QED) is 0.273. The summed E-state index contributed by atoms with van der Waals surface area (Å²) in [7, 11) is -6.57. The largest absolute Gasteiger partial charge is 0.417 e. The van der Waals surface area contributed by atoms with Crippen LogP contribution in [0.4, 0.5) is 17.6 Å². The minimum Gasteiger partial charge on any atom is -0.304 e. The highest BCUT2D eigenvalue weighted by molar-refractivity contribution is 7.86.